The fourth-order valence-corrected chi connectivity index (χ4v) is 5.69. The molecule has 0 N–H and O–H groups in total. The lowest BCUT2D eigenvalue weighted by atomic mass is 9.80. The number of nitrogens with zero attached hydrogens (tertiary/aromatic N) is 4. The van der Waals surface area contributed by atoms with Crippen molar-refractivity contribution < 1.29 is 28.5 Å². The second kappa shape index (κ2) is 11.6. The molecule has 2 aromatic rings. The van der Waals surface area contributed by atoms with Gasteiger partial charge in [0.15, 0.2) is 8.32 Å². The van der Waals surface area contributed by atoms with Crippen LogP contribution in [-0.4, -0.2) is 64.2 Å². The molecule has 1 amide bonds. The number of imidazole rings is 1. The number of rotatable bonds is 11. The van der Waals surface area contributed by atoms with Crippen LogP contribution in [0.5, 0.6) is 0 Å². The largest absolute Gasteiger partial charge is 0.459 e. The number of carbonyl (C=O) groups is 3. The van der Waals surface area contributed by atoms with E-state index in [4.69, 9.17) is 9.16 Å². The molecule has 1 saturated heterocycles. The van der Waals surface area contributed by atoms with Crippen LogP contribution < -0.4 is 0 Å². The monoisotopic (exact) mass is 544 g/mol. The number of nitro groups is 1. The first kappa shape index (κ1) is 29.2. The number of likely N-dealkylation sites (tertiary alicyclic amines) is 1. The first-order valence-corrected chi connectivity index (χ1v) is 15.5. The van der Waals surface area contributed by atoms with Gasteiger partial charge in [0.05, 0.1) is 16.9 Å². The van der Waals surface area contributed by atoms with Crippen LogP contribution in [0, 0.1) is 16.0 Å². The van der Waals surface area contributed by atoms with Gasteiger partial charge in [0.25, 0.3) is 5.69 Å². The molecule has 3 atom stereocenters. The van der Waals surface area contributed by atoms with Gasteiger partial charge in [-0.1, -0.05) is 20.8 Å². The number of hydrogen-bond acceptors (Lipinski definition) is 8. The third kappa shape index (κ3) is 6.73. The summed E-state index contributed by atoms with van der Waals surface area (Å²) < 4.78 is 13.2. The van der Waals surface area contributed by atoms with Gasteiger partial charge in [0.1, 0.15) is 19.5 Å². The standard InChI is InChI=1S/C26H36N4O7Si/c1-18(37-38(5,6)26(2,3)4)24-21(11-12-22(31)28-14-13-27-17-28)29(25(24)33)15-23(32)36-16-19-7-9-20(10-8-19)30(34)35/h7-10,13-14,17-18,21,24H,11-12,15-16H2,1-6H3/t18-,21+,24-/m1/s1. The number of carbonyl (C=O) groups excluding carboxylic acids is 3. The van der Waals surface area contributed by atoms with Crippen LogP contribution in [0.15, 0.2) is 43.0 Å². The van der Waals surface area contributed by atoms with Crippen molar-refractivity contribution in [3.05, 3.63) is 58.7 Å². The third-order valence-corrected chi connectivity index (χ3v) is 12.0. The Labute approximate surface area is 223 Å². The van der Waals surface area contributed by atoms with Crippen LogP contribution in [0.3, 0.4) is 0 Å². The first-order chi connectivity index (χ1) is 17.7. The van der Waals surface area contributed by atoms with Crippen LogP contribution in [0.2, 0.25) is 18.1 Å². The number of amides is 1. The Bertz CT molecular complexity index is 1160. The number of non-ortho nitro benzene ring substituents is 1. The van der Waals surface area contributed by atoms with Gasteiger partial charge in [-0.3, -0.25) is 29.1 Å². The maximum Gasteiger partial charge on any atom is 0.325 e. The average molecular weight is 545 g/mol. The minimum atomic E-state index is -2.16. The predicted molar refractivity (Wildman–Crippen MR) is 142 cm³/mol. The Morgan fingerprint density at radius 2 is 1.87 bits per heavy atom. The number of aromatic nitrogens is 2. The van der Waals surface area contributed by atoms with E-state index in [1.165, 1.54) is 46.3 Å². The summed E-state index contributed by atoms with van der Waals surface area (Å²) in [6.45, 7) is 12.2. The highest BCUT2D eigenvalue weighted by atomic mass is 28.4. The number of β-lactam (4-membered cyclic amide) rings is 1. The lowest BCUT2D eigenvalue weighted by Gasteiger charge is -2.51. The van der Waals surface area contributed by atoms with Crippen molar-refractivity contribution in [1.29, 1.82) is 0 Å². The Hall–Kier alpha value is -3.38. The Kier molecular flexibility index (Phi) is 8.88. The maximum absolute atomic E-state index is 13.2. The molecule has 0 aliphatic carbocycles. The van der Waals surface area contributed by atoms with E-state index in [1.807, 2.05) is 6.92 Å². The van der Waals surface area contributed by atoms with Gasteiger partial charge in [0.2, 0.25) is 11.8 Å². The molecule has 1 fully saturated rings. The summed E-state index contributed by atoms with van der Waals surface area (Å²) in [6.07, 6.45) is 4.70. The molecule has 1 aromatic heterocycles. The zero-order valence-electron chi connectivity index (χ0n) is 22.7. The maximum atomic E-state index is 13.2. The topological polar surface area (TPSA) is 134 Å². The molecule has 1 aliphatic heterocycles. The molecular weight excluding hydrogens is 508 g/mol. The molecule has 0 unspecified atom stereocenters. The molecule has 2 heterocycles. The Balaban J connectivity index is 1.66. The fourth-order valence-electron chi connectivity index (χ4n) is 4.26. The second-order valence-electron chi connectivity index (χ2n) is 11.1. The highest BCUT2D eigenvalue weighted by Crippen LogP contribution is 2.41. The minimum absolute atomic E-state index is 0.0394. The van der Waals surface area contributed by atoms with Gasteiger partial charge in [-0.05, 0) is 49.2 Å². The van der Waals surface area contributed by atoms with Crippen LogP contribution in [0.4, 0.5) is 5.69 Å². The smallest absolute Gasteiger partial charge is 0.325 e. The van der Waals surface area contributed by atoms with Gasteiger partial charge in [0, 0.05) is 37.0 Å². The van der Waals surface area contributed by atoms with E-state index in [2.05, 4.69) is 38.8 Å². The molecule has 1 aliphatic rings. The van der Waals surface area contributed by atoms with Gasteiger partial charge in [-0.15, -0.1) is 0 Å². The van der Waals surface area contributed by atoms with Crippen LogP contribution in [-0.2, 0) is 25.4 Å². The number of hydrogen-bond donors (Lipinski definition) is 0. The molecule has 0 radical (unpaired) electrons. The third-order valence-electron chi connectivity index (χ3n) is 7.47. The van der Waals surface area contributed by atoms with Crippen molar-refractivity contribution in [2.75, 3.05) is 6.54 Å². The van der Waals surface area contributed by atoms with E-state index in [1.54, 1.807) is 6.20 Å². The van der Waals surface area contributed by atoms with Crippen molar-refractivity contribution in [3.63, 3.8) is 0 Å². The summed E-state index contributed by atoms with van der Waals surface area (Å²) >= 11 is 0. The van der Waals surface area contributed by atoms with Crippen molar-refractivity contribution in [1.82, 2.24) is 14.5 Å². The van der Waals surface area contributed by atoms with Crippen molar-refractivity contribution >= 4 is 31.8 Å². The summed E-state index contributed by atoms with van der Waals surface area (Å²) in [6, 6.07) is 5.34. The van der Waals surface area contributed by atoms with Crippen molar-refractivity contribution in [2.24, 2.45) is 5.92 Å². The molecule has 0 bridgehead atoms. The van der Waals surface area contributed by atoms with Gasteiger partial charge in [-0.2, -0.15) is 0 Å². The van der Waals surface area contributed by atoms with E-state index in [0.29, 0.717) is 12.0 Å². The number of ether oxygens (including phenoxy) is 1. The van der Waals surface area contributed by atoms with Gasteiger partial charge >= 0.3 is 5.97 Å². The highest BCUT2D eigenvalue weighted by Gasteiger charge is 2.52. The highest BCUT2D eigenvalue weighted by molar-refractivity contribution is 6.74. The summed E-state index contributed by atoms with van der Waals surface area (Å²) in [5.41, 5.74) is 0.537. The minimum Gasteiger partial charge on any atom is -0.459 e. The van der Waals surface area contributed by atoms with Crippen LogP contribution >= 0.6 is 0 Å². The molecule has 11 nitrogen and oxygen atoms in total. The van der Waals surface area contributed by atoms with Crippen molar-refractivity contribution in [2.45, 2.75) is 77.4 Å². The number of nitro benzene ring substituents is 1. The number of benzene rings is 1. The SMILES string of the molecule is C[C@@H](O[Si](C)(C)C(C)(C)C)[C@H]1C(=O)N(CC(=O)OCc2ccc([N+](=O)[O-])cc2)[C@H]1CCC(=O)n1ccnc1. The first-order valence-electron chi connectivity index (χ1n) is 12.6. The molecule has 1 aromatic carbocycles. The fraction of sp³-hybridized carbons (Fsp3) is 0.538. The Morgan fingerprint density at radius 3 is 2.42 bits per heavy atom. The zero-order valence-corrected chi connectivity index (χ0v) is 23.7. The molecule has 12 heteroatoms. The van der Waals surface area contributed by atoms with E-state index >= 15 is 0 Å². The summed E-state index contributed by atoms with van der Waals surface area (Å²) in [7, 11) is -2.16. The molecule has 0 spiro atoms. The second-order valence-corrected chi connectivity index (χ2v) is 15.9. The molecule has 0 saturated carbocycles. The normalized spacial score (nSPS) is 18.6. The van der Waals surface area contributed by atoms with Crippen molar-refractivity contribution in [3.8, 4) is 0 Å². The molecule has 38 heavy (non-hydrogen) atoms. The quantitative estimate of drug-likeness (QED) is 0.135. The van der Waals surface area contributed by atoms with Crippen LogP contribution in [0.1, 0.15) is 50.9 Å². The molecule has 3 rings (SSSR count). The predicted octanol–water partition coefficient (Wildman–Crippen LogP) is 4.19. The Morgan fingerprint density at radius 1 is 1.21 bits per heavy atom. The van der Waals surface area contributed by atoms with E-state index in [9.17, 15) is 24.5 Å². The van der Waals surface area contributed by atoms with E-state index in [-0.39, 0.29) is 54.3 Å². The molecule has 206 valence electrons. The number of esters is 1. The van der Waals surface area contributed by atoms with Gasteiger partial charge in [-0.25, -0.2) is 4.98 Å². The van der Waals surface area contributed by atoms with Gasteiger partial charge < -0.3 is 14.1 Å². The lowest BCUT2D eigenvalue weighted by Crippen LogP contribution is -2.66. The zero-order chi connectivity index (χ0) is 28.3. The average Bonchev–Trinajstić information content (AvgIpc) is 3.37. The molecular formula is C26H36N4O7Si. The lowest BCUT2D eigenvalue weighted by molar-refractivity contribution is -0.384. The van der Waals surface area contributed by atoms with E-state index < -0.39 is 25.1 Å². The van der Waals surface area contributed by atoms with E-state index in [0.717, 1.165) is 0 Å². The van der Waals surface area contributed by atoms with Crippen LogP contribution in [0.25, 0.3) is 0 Å². The summed E-state index contributed by atoms with van der Waals surface area (Å²) in [4.78, 5) is 54.1. The summed E-state index contributed by atoms with van der Waals surface area (Å²) in [5, 5.41) is 10.8. The summed E-state index contributed by atoms with van der Waals surface area (Å²) in [5.74, 6) is -1.43.